The van der Waals surface area contributed by atoms with Crippen LogP contribution in [0.2, 0.25) is 0 Å². The molecule has 6 heteroatoms. The normalized spacial score (nSPS) is 18.9. The number of primary amides is 1. The summed E-state index contributed by atoms with van der Waals surface area (Å²) in [6.07, 6.45) is 3.07. The van der Waals surface area contributed by atoms with Crippen molar-refractivity contribution in [3.8, 4) is 0 Å². The summed E-state index contributed by atoms with van der Waals surface area (Å²) in [5.41, 5.74) is 5.57. The predicted molar refractivity (Wildman–Crippen MR) is 63.9 cm³/mol. The van der Waals surface area contributed by atoms with Gasteiger partial charge in [0.15, 0.2) is 0 Å². The average Bonchev–Trinajstić information content (AvgIpc) is 2.86. The first-order chi connectivity index (χ1) is 8.63. The van der Waals surface area contributed by atoms with Gasteiger partial charge in [-0.3, -0.25) is 14.6 Å². The Kier molecular flexibility index (Phi) is 3.57. The monoisotopic (exact) mass is 249 g/mol. The van der Waals surface area contributed by atoms with Crippen LogP contribution in [0.5, 0.6) is 0 Å². The molecule has 0 aliphatic carbocycles. The Hall–Kier alpha value is -1.95. The first kappa shape index (κ1) is 12.5. The molecular formula is C12H15N3O3. The smallest absolute Gasteiger partial charge is 0.267 e. The molecule has 18 heavy (non-hydrogen) atoms. The number of aliphatic hydroxyl groups is 1. The van der Waals surface area contributed by atoms with Crippen molar-refractivity contribution < 1.29 is 14.7 Å². The standard InChI is InChI=1S/C12H15N3O3/c13-11(17)10-6-8(3-4-14-10)12(18)15-5-1-2-9(15)7-16/h3-4,6,9,16H,1-2,5,7H2,(H2,13,17). The van der Waals surface area contributed by atoms with Crippen LogP contribution in [0.25, 0.3) is 0 Å². The van der Waals surface area contributed by atoms with E-state index in [-0.39, 0.29) is 24.2 Å². The van der Waals surface area contributed by atoms with Gasteiger partial charge in [0.1, 0.15) is 5.69 Å². The van der Waals surface area contributed by atoms with Crippen LogP contribution in [0, 0.1) is 0 Å². The Labute approximate surface area is 104 Å². The zero-order valence-electron chi connectivity index (χ0n) is 9.87. The highest BCUT2D eigenvalue weighted by Crippen LogP contribution is 2.19. The molecule has 0 saturated carbocycles. The van der Waals surface area contributed by atoms with Crippen molar-refractivity contribution in [1.82, 2.24) is 9.88 Å². The zero-order chi connectivity index (χ0) is 13.1. The lowest BCUT2D eigenvalue weighted by Crippen LogP contribution is -2.37. The molecule has 2 rings (SSSR count). The molecule has 1 aromatic heterocycles. The Morgan fingerprint density at radius 2 is 2.33 bits per heavy atom. The van der Waals surface area contributed by atoms with Gasteiger partial charge in [0.2, 0.25) is 0 Å². The lowest BCUT2D eigenvalue weighted by Gasteiger charge is -2.23. The minimum absolute atomic E-state index is 0.0422. The molecule has 96 valence electrons. The van der Waals surface area contributed by atoms with Crippen LogP contribution in [0.1, 0.15) is 33.7 Å². The number of rotatable bonds is 3. The van der Waals surface area contributed by atoms with Crippen molar-refractivity contribution in [1.29, 1.82) is 0 Å². The summed E-state index contributed by atoms with van der Waals surface area (Å²) in [5, 5.41) is 9.19. The van der Waals surface area contributed by atoms with Crippen LogP contribution in [0.15, 0.2) is 18.3 Å². The van der Waals surface area contributed by atoms with Gasteiger partial charge >= 0.3 is 0 Å². The second kappa shape index (κ2) is 5.14. The van der Waals surface area contributed by atoms with Crippen LogP contribution < -0.4 is 5.73 Å². The Bertz CT molecular complexity index is 475. The van der Waals surface area contributed by atoms with Crippen LogP contribution in [-0.4, -0.2) is 46.0 Å². The van der Waals surface area contributed by atoms with E-state index in [1.165, 1.54) is 12.3 Å². The summed E-state index contributed by atoms with van der Waals surface area (Å²) in [6, 6.07) is 2.79. The quantitative estimate of drug-likeness (QED) is 0.773. The van der Waals surface area contributed by atoms with E-state index in [1.807, 2.05) is 0 Å². The summed E-state index contributed by atoms with van der Waals surface area (Å²) in [7, 11) is 0. The van der Waals surface area contributed by atoms with Crippen molar-refractivity contribution in [2.24, 2.45) is 5.73 Å². The van der Waals surface area contributed by atoms with Crippen molar-refractivity contribution in [3.63, 3.8) is 0 Å². The fourth-order valence-electron chi connectivity index (χ4n) is 2.16. The molecule has 1 saturated heterocycles. The van der Waals surface area contributed by atoms with Crippen molar-refractivity contribution in [3.05, 3.63) is 29.6 Å². The van der Waals surface area contributed by atoms with E-state index < -0.39 is 5.91 Å². The molecular weight excluding hydrogens is 234 g/mol. The third kappa shape index (κ3) is 2.33. The molecule has 2 amide bonds. The van der Waals surface area contributed by atoms with Crippen molar-refractivity contribution in [2.45, 2.75) is 18.9 Å². The molecule has 1 aromatic rings. The van der Waals surface area contributed by atoms with E-state index in [1.54, 1.807) is 11.0 Å². The van der Waals surface area contributed by atoms with Crippen molar-refractivity contribution >= 4 is 11.8 Å². The Morgan fingerprint density at radius 3 is 3.00 bits per heavy atom. The average molecular weight is 249 g/mol. The molecule has 2 heterocycles. The van der Waals surface area contributed by atoms with E-state index in [0.29, 0.717) is 12.1 Å². The molecule has 6 nitrogen and oxygen atoms in total. The van der Waals surface area contributed by atoms with E-state index in [0.717, 1.165) is 12.8 Å². The maximum atomic E-state index is 12.2. The first-order valence-corrected chi connectivity index (χ1v) is 5.81. The lowest BCUT2D eigenvalue weighted by atomic mass is 10.1. The number of likely N-dealkylation sites (tertiary alicyclic amines) is 1. The van der Waals surface area contributed by atoms with Crippen LogP contribution in [0.4, 0.5) is 0 Å². The second-order valence-corrected chi connectivity index (χ2v) is 4.27. The third-order valence-corrected chi connectivity index (χ3v) is 3.11. The minimum atomic E-state index is -0.662. The highest BCUT2D eigenvalue weighted by molar-refractivity contribution is 5.98. The molecule has 1 fully saturated rings. The van der Waals surface area contributed by atoms with Gasteiger partial charge in [0.25, 0.3) is 11.8 Å². The number of carbonyl (C=O) groups is 2. The van der Waals surface area contributed by atoms with E-state index in [9.17, 15) is 14.7 Å². The zero-order valence-corrected chi connectivity index (χ0v) is 9.87. The van der Waals surface area contributed by atoms with Gasteiger partial charge < -0.3 is 15.7 Å². The summed E-state index contributed by atoms with van der Waals surface area (Å²) in [4.78, 5) is 28.7. The summed E-state index contributed by atoms with van der Waals surface area (Å²) in [5.74, 6) is -0.860. The maximum absolute atomic E-state index is 12.2. The molecule has 1 atom stereocenters. The van der Waals surface area contributed by atoms with Crippen LogP contribution >= 0.6 is 0 Å². The third-order valence-electron chi connectivity index (χ3n) is 3.11. The topological polar surface area (TPSA) is 96.5 Å². The van der Waals surface area contributed by atoms with Gasteiger partial charge in [-0.15, -0.1) is 0 Å². The number of amides is 2. The molecule has 0 spiro atoms. The highest BCUT2D eigenvalue weighted by atomic mass is 16.3. The summed E-state index contributed by atoms with van der Waals surface area (Å²) in [6.45, 7) is 0.581. The molecule has 1 aliphatic heterocycles. The van der Waals surface area contributed by atoms with Crippen LogP contribution in [-0.2, 0) is 0 Å². The van der Waals surface area contributed by atoms with Gasteiger partial charge in [-0.2, -0.15) is 0 Å². The number of aliphatic hydroxyl groups excluding tert-OH is 1. The van der Waals surface area contributed by atoms with Gasteiger partial charge in [-0.25, -0.2) is 0 Å². The van der Waals surface area contributed by atoms with Gasteiger partial charge in [-0.05, 0) is 25.0 Å². The predicted octanol–water partition coefficient (Wildman–Crippen LogP) is -0.223. The molecule has 1 unspecified atom stereocenters. The number of carbonyl (C=O) groups excluding carboxylic acids is 2. The van der Waals surface area contributed by atoms with Crippen LogP contribution in [0.3, 0.4) is 0 Å². The molecule has 0 radical (unpaired) electrons. The Morgan fingerprint density at radius 1 is 1.56 bits per heavy atom. The van der Waals surface area contributed by atoms with E-state index in [4.69, 9.17) is 5.73 Å². The van der Waals surface area contributed by atoms with Crippen molar-refractivity contribution in [2.75, 3.05) is 13.2 Å². The minimum Gasteiger partial charge on any atom is -0.394 e. The molecule has 1 aliphatic rings. The number of hydrogen-bond donors (Lipinski definition) is 2. The SMILES string of the molecule is NC(=O)c1cc(C(=O)N2CCCC2CO)ccn1. The molecule has 3 N–H and O–H groups in total. The second-order valence-electron chi connectivity index (χ2n) is 4.27. The largest absolute Gasteiger partial charge is 0.394 e. The van der Waals surface area contributed by atoms with E-state index in [2.05, 4.69) is 4.98 Å². The van der Waals surface area contributed by atoms with Gasteiger partial charge in [0.05, 0.1) is 12.6 Å². The number of hydrogen-bond acceptors (Lipinski definition) is 4. The van der Waals surface area contributed by atoms with Gasteiger partial charge in [-0.1, -0.05) is 0 Å². The molecule has 0 bridgehead atoms. The number of nitrogens with two attached hydrogens (primary N) is 1. The lowest BCUT2D eigenvalue weighted by molar-refractivity contribution is 0.0677. The molecule has 0 aromatic carbocycles. The fourth-order valence-corrected chi connectivity index (χ4v) is 2.16. The number of aromatic nitrogens is 1. The summed E-state index contributed by atoms with van der Waals surface area (Å²) >= 11 is 0. The maximum Gasteiger partial charge on any atom is 0.267 e. The summed E-state index contributed by atoms with van der Waals surface area (Å²) < 4.78 is 0. The Balaban J connectivity index is 2.23. The fraction of sp³-hybridized carbons (Fsp3) is 0.417. The van der Waals surface area contributed by atoms with E-state index >= 15 is 0 Å². The number of pyridine rings is 1. The number of nitrogens with zero attached hydrogens (tertiary/aromatic N) is 2. The highest BCUT2D eigenvalue weighted by Gasteiger charge is 2.28. The first-order valence-electron chi connectivity index (χ1n) is 5.81. The van der Waals surface area contributed by atoms with Gasteiger partial charge in [0, 0.05) is 18.3 Å².